The van der Waals surface area contributed by atoms with Crippen molar-refractivity contribution in [2.75, 3.05) is 19.8 Å². The second kappa shape index (κ2) is 8.77. The Bertz CT molecular complexity index is 835. The van der Waals surface area contributed by atoms with Gasteiger partial charge in [-0.2, -0.15) is 8.78 Å². The third-order valence-electron chi connectivity index (χ3n) is 5.33. The highest BCUT2D eigenvalue weighted by atomic mass is 19.3. The van der Waals surface area contributed by atoms with Gasteiger partial charge < -0.3 is 9.72 Å². The van der Waals surface area contributed by atoms with Crippen molar-refractivity contribution in [1.82, 2.24) is 14.9 Å². The van der Waals surface area contributed by atoms with Crippen LogP contribution in [0.2, 0.25) is 0 Å². The number of nitrogens with zero attached hydrogens (tertiary/aromatic N) is 2. The van der Waals surface area contributed by atoms with Crippen molar-refractivity contribution >= 4 is 0 Å². The third-order valence-corrected chi connectivity index (χ3v) is 5.33. The predicted molar refractivity (Wildman–Crippen MR) is 99.3 cm³/mol. The van der Waals surface area contributed by atoms with Crippen LogP contribution in [0.1, 0.15) is 36.8 Å². The molecule has 0 radical (unpaired) electrons. The number of alkyl halides is 3. The standard InChI is InChI=1S/C20H24F3N3O2/c1-14(17-5-3-9-25-19(17)28-20(22,23)13-21)15-6-10-26(11-7-15)12-16-4-2-8-24-18(16)27/h2-5,8-9,14-15H,6-7,10-13H2,1H3,(H,24,27). The molecule has 2 aromatic heterocycles. The van der Waals surface area contributed by atoms with Crippen LogP contribution in [0.5, 0.6) is 5.88 Å². The Morgan fingerprint density at radius 1 is 1.32 bits per heavy atom. The molecule has 1 atom stereocenters. The van der Waals surface area contributed by atoms with Gasteiger partial charge in [0, 0.05) is 30.1 Å². The molecule has 1 unspecified atom stereocenters. The summed E-state index contributed by atoms with van der Waals surface area (Å²) in [5.74, 6) is -0.00635. The predicted octanol–water partition coefficient (Wildman–Crippen LogP) is 3.73. The van der Waals surface area contributed by atoms with Crippen LogP contribution >= 0.6 is 0 Å². The van der Waals surface area contributed by atoms with Crippen molar-refractivity contribution in [3.63, 3.8) is 0 Å². The molecule has 1 fully saturated rings. The van der Waals surface area contributed by atoms with Gasteiger partial charge in [0.05, 0.1) is 0 Å². The van der Waals surface area contributed by atoms with Crippen molar-refractivity contribution in [2.45, 2.75) is 38.3 Å². The van der Waals surface area contributed by atoms with Crippen LogP contribution in [-0.2, 0) is 6.54 Å². The van der Waals surface area contributed by atoms with Gasteiger partial charge in [-0.25, -0.2) is 9.37 Å². The zero-order chi connectivity index (χ0) is 20.1. The van der Waals surface area contributed by atoms with Crippen LogP contribution in [0.25, 0.3) is 0 Å². The lowest BCUT2D eigenvalue weighted by Gasteiger charge is -2.35. The lowest BCUT2D eigenvalue weighted by molar-refractivity contribution is -0.188. The molecule has 1 aliphatic rings. The number of hydrogen-bond acceptors (Lipinski definition) is 4. The molecule has 1 saturated heterocycles. The van der Waals surface area contributed by atoms with Crippen LogP contribution in [0.15, 0.2) is 41.5 Å². The molecule has 2 aromatic rings. The van der Waals surface area contributed by atoms with E-state index < -0.39 is 12.8 Å². The summed E-state index contributed by atoms with van der Waals surface area (Å²) in [7, 11) is 0. The summed E-state index contributed by atoms with van der Waals surface area (Å²) >= 11 is 0. The monoisotopic (exact) mass is 395 g/mol. The van der Waals surface area contributed by atoms with E-state index in [1.165, 1.54) is 6.20 Å². The number of nitrogens with one attached hydrogen (secondary N) is 1. The SMILES string of the molecule is CC(c1cccnc1OC(F)(F)CF)C1CCN(Cc2ccc[nH]c2=O)CC1. The molecule has 152 valence electrons. The van der Waals surface area contributed by atoms with Gasteiger partial charge in [0.15, 0.2) is 6.67 Å². The summed E-state index contributed by atoms with van der Waals surface area (Å²) in [6.45, 7) is 2.26. The zero-order valence-electron chi connectivity index (χ0n) is 15.7. The fourth-order valence-corrected chi connectivity index (χ4v) is 3.69. The van der Waals surface area contributed by atoms with Crippen molar-refractivity contribution < 1.29 is 17.9 Å². The summed E-state index contributed by atoms with van der Waals surface area (Å²) < 4.78 is 43.7. The summed E-state index contributed by atoms with van der Waals surface area (Å²) in [6, 6.07) is 7.00. The maximum absolute atomic E-state index is 13.3. The Morgan fingerprint density at radius 3 is 2.75 bits per heavy atom. The Hall–Kier alpha value is -2.35. The van der Waals surface area contributed by atoms with Gasteiger partial charge >= 0.3 is 6.11 Å². The van der Waals surface area contributed by atoms with Gasteiger partial charge in [-0.3, -0.25) is 9.69 Å². The first-order valence-electron chi connectivity index (χ1n) is 9.36. The molecular weight excluding hydrogens is 371 g/mol. The van der Waals surface area contributed by atoms with E-state index >= 15 is 0 Å². The number of aromatic amines is 1. The number of ether oxygens (including phenoxy) is 1. The van der Waals surface area contributed by atoms with Gasteiger partial charge in [0.2, 0.25) is 5.88 Å². The number of H-pyrrole nitrogens is 1. The van der Waals surface area contributed by atoms with Crippen molar-refractivity contribution in [3.8, 4) is 5.88 Å². The van der Waals surface area contributed by atoms with E-state index in [1.807, 2.05) is 19.1 Å². The summed E-state index contributed by atoms with van der Waals surface area (Å²) in [4.78, 5) is 20.6. The molecule has 8 heteroatoms. The largest absolute Gasteiger partial charge is 0.428 e. The van der Waals surface area contributed by atoms with E-state index in [9.17, 15) is 18.0 Å². The van der Waals surface area contributed by atoms with Gasteiger partial charge in [-0.15, -0.1) is 0 Å². The van der Waals surface area contributed by atoms with Crippen LogP contribution in [0, 0.1) is 5.92 Å². The highest BCUT2D eigenvalue weighted by molar-refractivity contribution is 5.30. The zero-order valence-corrected chi connectivity index (χ0v) is 15.7. The lowest BCUT2D eigenvalue weighted by atomic mass is 9.81. The van der Waals surface area contributed by atoms with E-state index in [-0.39, 0.29) is 23.3 Å². The van der Waals surface area contributed by atoms with Crippen molar-refractivity contribution in [1.29, 1.82) is 0 Å². The molecule has 28 heavy (non-hydrogen) atoms. The molecular formula is C20H24F3N3O2. The summed E-state index contributed by atoms with van der Waals surface area (Å²) in [6.07, 6.45) is 0.814. The molecule has 0 amide bonds. The van der Waals surface area contributed by atoms with Crippen LogP contribution < -0.4 is 10.3 Å². The number of piperidine rings is 1. The molecule has 0 bridgehead atoms. The molecule has 3 rings (SSSR count). The summed E-state index contributed by atoms with van der Waals surface area (Å²) in [5.41, 5.74) is 1.21. The van der Waals surface area contributed by atoms with Gasteiger partial charge in [0.25, 0.3) is 5.56 Å². The Labute approximate surface area is 161 Å². The molecule has 0 aromatic carbocycles. The molecule has 0 saturated carbocycles. The molecule has 5 nitrogen and oxygen atoms in total. The minimum atomic E-state index is -3.88. The number of likely N-dealkylation sites (tertiary alicyclic amines) is 1. The van der Waals surface area contributed by atoms with E-state index in [2.05, 4.69) is 19.6 Å². The first-order valence-corrected chi connectivity index (χ1v) is 9.36. The number of aromatic nitrogens is 2. The van der Waals surface area contributed by atoms with E-state index in [1.54, 1.807) is 18.3 Å². The van der Waals surface area contributed by atoms with Crippen LogP contribution in [0.4, 0.5) is 13.2 Å². The van der Waals surface area contributed by atoms with E-state index in [4.69, 9.17) is 0 Å². The summed E-state index contributed by atoms with van der Waals surface area (Å²) in [5, 5.41) is 0. The van der Waals surface area contributed by atoms with Crippen LogP contribution in [-0.4, -0.2) is 40.7 Å². The molecule has 1 N–H and O–H groups in total. The average Bonchev–Trinajstić information content (AvgIpc) is 2.70. The Morgan fingerprint density at radius 2 is 2.07 bits per heavy atom. The highest BCUT2D eigenvalue weighted by Gasteiger charge is 2.35. The smallest absolute Gasteiger partial charge is 0.412 e. The fourth-order valence-electron chi connectivity index (χ4n) is 3.69. The molecule has 1 aliphatic heterocycles. The quantitative estimate of drug-likeness (QED) is 0.776. The fraction of sp³-hybridized carbons (Fsp3) is 0.500. The molecule has 0 spiro atoms. The van der Waals surface area contributed by atoms with E-state index in [0.717, 1.165) is 31.5 Å². The topological polar surface area (TPSA) is 58.2 Å². The number of pyridine rings is 2. The molecule has 3 heterocycles. The second-order valence-corrected chi connectivity index (χ2v) is 7.20. The van der Waals surface area contributed by atoms with Gasteiger partial charge in [-0.05, 0) is 49.9 Å². The normalized spacial score (nSPS) is 17.4. The minimum Gasteiger partial charge on any atom is -0.412 e. The lowest BCUT2D eigenvalue weighted by Crippen LogP contribution is -2.36. The average molecular weight is 395 g/mol. The first kappa shape index (κ1) is 20.4. The maximum atomic E-state index is 13.3. The minimum absolute atomic E-state index is 0.0543. The number of hydrogen-bond donors (Lipinski definition) is 1. The van der Waals surface area contributed by atoms with Crippen molar-refractivity contribution in [3.05, 3.63) is 58.1 Å². The number of rotatable bonds is 7. The van der Waals surface area contributed by atoms with Crippen molar-refractivity contribution in [2.24, 2.45) is 5.92 Å². The molecule has 0 aliphatic carbocycles. The highest BCUT2D eigenvalue weighted by Crippen LogP contribution is 2.37. The Balaban J connectivity index is 1.63. The number of halogens is 3. The maximum Gasteiger partial charge on any atom is 0.428 e. The van der Waals surface area contributed by atoms with E-state index in [0.29, 0.717) is 12.1 Å². The van der Waals surface area contributed by atoms with Gasteiger partial charge in [-0.1, -0.05) is 19.1 Å². The Kier molecular flexibility index (Phi) is 6.39. The first-order chi connectivity index (χ1) is 13.4. The van der Waals surface area contributed by atoms with Crippen LogP contribution in [0.3, 0.4) is 0 Å². The second-order valence-electron chi connectivity index (χ2n) is 7.20. The van der Waals surface area contributed by atoms with Gasteiger partial charge in [0.1, 0.15) is 0 Å². The third kappa shape index (κ3) is 4.92.